The van der Waals surface area contributed by atoms with E-state index >= 15 is 0 Å². The average Bonchev–Trinajstić information content (AvgIpc) is 2.55. The third-order valence-corrected chi connectivity index (χ3v) is 4.88. The first-order chi connectivity index (χ1) is 10.3. The van der Waals surface area contributed by atoms with E-state index in [0.29, 0.717) is 0 Å². The smallest absolute Gasteiger partial charge is 0.0991 e. The number of nitrogens with zero attached hydrogens (tertiary/aromatic N) is 1. The second-order valence-corrected chi connectivity index (χ2v) is 6.38. The Morgan fingerprint density at radius 3 is 2.38 bits per heavy atom. The molecule has 0 N–H and O–H groups in total. The van der Waals surface area contributed by atoms with E-state index < -0.39 is 0 Å². The van der Waals surface area contributed by atoms with Crippen molar-refractivity contribution in [3.8, 4) is 6.07 Å². The summed E-state index contributed by atoms with van der Waals surface area (Å²) in [6.45, 7) is 3.78. The van der Waals surface area contributed by atoms with Gasteiger partial charge in [0.25, 0.3) is 0 Å². The second kappa shape index (κ2) is 8.67. The summed E-state index contributed by atoms with van der Waals surface area (Å²) >= 11 is 0. The van der Waals surface area contributed by atoms with Crippen molar-refractivity contribution in [3.05, 3.63) is 48.0 Å². The molecule has 1 aliphatic carbocycles. The first-order valence-electron chi connectivity index (χ1n) is 8.44. The molecule has 0 aliphatic heterocycles. The summed E-state index contributed by atoms with van der Waals surface area (Å²) < 4.78 is 0. The van der Waals surface area contributed by atoms with Crippen LogP contribution < -0.4 is 0 Å². The molecule has 0 spiro atoms. The first kappa shape index (κ1) is 15.8. The number of rotatable bonds is 7. The third kappa shape index (κ3) is 5.05. The molecule has 0 saturated heterocycles. The summed E-state index contributed by atoms with van der Waals surface area (Å²) in [5.41, 5.74) is 2.20. The van der Waals surface area contributed by atoms with Gasteiger partial charge in [-0.2, -0.15) is 5.26 Å². The molecule has 1 fully saturated rings. The third-order valence-electron chi connectivity index (χ3n) is 4.88. The Morgan fingerprint density at radius 2 is 1.76 bits per heavy atom. The minimum Gasteiger partial charge on any atom is -0.192 e. The maximum atomic E-state index is 8.85. The highest BCUT2D eigenvalue weighted by atomic mass is 14.3. The summed E-state index contributed by atoms with van der Waals surface area (Å²) in [6.07, 6.45) is 14.1. The summed E-state index contributed by atoms with van der Waals surface area (Å²) in [4.78, 5) is 0. The molecule has 0 radical (unpaired) electrons. The van der Waals surface area contributed by atoms with Crippen LogP contribution in [0.15, 0.2) is 36.9 Å². The Morgan fingerprint density at radius 1 is 1.05 bits per heavy atom. The van der Waals surface area contributed by atoms with Crippen LogP contribution in [0.3, 0.4) is 0 Å². The maximum absolute atomic E-state index is 8.85. The first-order valence-corrected chi connectivity index (χ1v) is 8.44. The van der Waals surface area contributed by atoms with Crippen LogP contribution in [0.5, 0.6) is 0 Å². The molecule has 0 aromatic heterocycles. The normalized spacial score (nSPS) is 21.7. The highest BCUT2D eigenvalue weighted by Crippen LogP contribution is 2.37. The Labute approximate surface area is 129 Å². The van der Waals surface area contributed by atoms with Crippen LogP contribution in [-0.4, -0.2) is 0 Å². The van der Waals surface area contributed by atoms with Gasteiger partial charge in [-0.15, -0.1) is 6.58 Å². The lowest BCUT2D eigenvalue weighted by atomic mass is 9.77. The minimum absolute atomic E-state index is 0.717. The molecule has 1 heteroatoms. The van der Waals surface area contributed by atoms with Gasteiger partial charge in [0, 0.05) is 0 Å². The van der Waals surface area contributed by atoms with Crippen molar-refractivity contribution in [1.82, 2.24) is 0 Å². The Bertz CT molecular complexity index is 458. The van der Waals surface area contributed by atoms with Gasteiger partial charge in [0.05, 0.1) is 11.6 Å². The monoisotopic (exact) mass is 281 g/mol. The van der Waals surface area contributed by atoms with Crippen molar-refractivity contribution in [3.63, 3.8) is 0 Å². The molecule has 1 nitrogen and oxygen atoms in total. The molecule has 0 atom stereocenters. The molecule has 0 unspecified atom stereocenters. The van der Waals surface area contributed by atoms with Gasteiger partial charge < -0.3 is 0 Å². The molecular formula is C20H27N. The summed E-state index contributed by atoms with van der Waals surface area (Å²) in [5.74, 6) is 1.66. The fraction of sp³-hybridized carbons (Fsp3) is 0.550. The lowest BCUT2D eigenvalue weighted by molar-refractivity contribution is 0.302. The highest BCUT2D eigenvalue weighted by Gasteiger charge is 2.21. The predicted molar refractivity (Wildman–Crippen MR) is 89.1 cm³/mol. The number of nitriles is 1. The maximum Gasteiger partial charge on any atom is 0.0991 e. The van der Waals surface area contributed by atoms with E-state index in [4.69, 9.17) is 5.26 Å². The van der Waals surface area contributed by atoms with E-state index in [1.807, 2.05) is 18.2 Å². The van der Waals surface area contributed by atoms with Crippen LogP contribution in [0.1, 0.15) is 74.8 Å². The van der Waals surface area contributed by atoms with E-state index in [1.165, 1.54) is 63.4 Å². The topological polar surface area (TPSA) is 23.8 Å². The second-order valence-electron chi connectivity index (χ2n) is 6.38. The average molecular weight is 281 g/mol. The Hall–Kier alpha value is -1.55. The van der Waals surface area contributed by atoms with E-state index in [-0.39, 0.29) is 0 Å². The molecule has 0 bridgehead atoms. The van der Waals surface area contributed by atoms with Crippen molar-refractivity contribution in [2.45, 2.75) is 63.7 Å². The molecule has 1 aromatic rings. The van der Waals surface area contributed by atoms with Gasteiger partial charge in [-0.3, -0.25) is 0 Å². The van der Waals surface area contributed by atoms with Gasteiger partial charge in [0.1, 0.15) is 0 Å². The fourth-order valence-electron chi connectivity index (χ4n) is 3.51. The largest absolute Gasteiger partial charge is 0.192 e. The van der Waals surface area contributed by atoms with Gasteiger partial charge in [-0.25, -0.2) is 0 Å². The van der Waals surface area contributed by atoms with Gasteiger partial charge in [0.2, 0.25) is 0 Å². The van der Waals surface area contributed by atoms with E-state index in [0.717, 1.165) is 17.4 Å². The van der Waals surface area contributed by atoms with Gasteiger partial charge in [-0.1, -0.05) is 37.5 Å². The lowest BCUT2D eigenvalue weighted by Gasteiger charge is -2.29. The van der Waals surface area contributed by atoms with Crippen LogP contribution in [0.4, 0.5) is 0 Å². The van der Waals surface area contributed by atoms with Gasteiger partial charge in [-0.05, 0) is 68.1 Å². The van der Waals surface area contributed by atoms with E-state index in [2.05, 4.69) is 24.8 Å². The minimum atomic E-state index is 0.717. The number of hydrogen-bond donors (Lipinski definition) is 0. The van der Waals surface area contributed by atoms with Crippen LogP contribution in [0.25, 0.3) is 0 Å². The predicted octanol–water partition coefficient (Wildman–Crippen LogP) is 5.97. The van der Waals surface area contributed by atoms with Crippen LogP contribution in [0, 0.1) is 17.2 Å². The van der Waals surface area contributed by atoms with Gasteiger partial charge >= 0.3 is 0 Å². The molecule has 1 aliphatic rings. The van der Waals surface area contributed by atoms with Crippen molar-refractivity contribution in [2.24, 2.45) is 5.92 Å². The van der Waals surface area contributed by atoms with Crippen molar-refractivity contribution in [1.29, 1.82) is 5.26 Å². The van der Waals surface area contributed by atoms with Crippen molar-refractivity contribution < 1.29 is 0 Å². The van der Waals surface area contributed by atoms with Gasteiger partial charge in [0.15, 0.2) is 0 Å². The zero-order valence-corrected chi connectivity index (χ0v) is 13.1. The Balaban J connectivity index is 1.70. The fourth-order valence-corrected chi connectivity index (χ4v) is 3.51. The molecule has 1 saturated carbocycles. The Kier molecular flexibility index (Phi) is 6.54. The highest BCUT2D eigenvalue weighted by molar-refractivity contribution is 5.33. The number of allylic oxidation sites excluding steroid dienone is 1. The molecule has 2 rings (SSSR count). The zero-order chi connectivity index (χ0) is 14.9. The summed E-state index contributed by atoms with van der Waals surface area (Å²) in [6, 6.07) is 10.4. The molecule has 0 amide bonds. The molecule has 112 valence electrons. The number of unbranched alkanes of at least 4 members (excludes halogenated alkanes) is 3. The van der Waals surface area contributed by atoms with E-state index in [9.17, 15) is 0 Å². The molecule has 1 aromatic carbocycles. The number of hydrogen-bond acceptors (Lipinski definition) is 1. The quantitative estimate of drug-likeness (QED) is 0.446. The van der Waals surface area contributed by atoms with Crippen LogP contribution in [-0.2, 0) is 0 Å². The molecular weight excluding hydrogens is 254 g/mol. The van der Waals surface area contributed by atoms with Crippen LogP contribution in [0.2, 0.25) is 0 Å². The standard InChI is InChI=1S/C20H27N/c1-2-3-4-5-6-7-17-8-12-19(13-9-17)20-14-10-18(16-21)11-15-20/h2,10-11,14-15,17,19H,1,3-9,12-13H2. The summed E-state index contributed by atoms with van der Waals surface area (Å²) in [5, 5.41) is 8.85. The molecule has 21 heavy (non-hydrogen) atoms. The van der Waals surface area contributed by atoms with Crippen LogP contribution >= 0.6 is 0 Å². The summed E-state index contributed by atoms with van der Waals surface area (Å²) in [7, 11) is 0. The SMILES string of the molecule is C=CCCCCCC1CCC(c2ccc(C#N)cc2)CC1. The lowest BCUT2D eigenvalue weighted by Crippen LogP contribution is -2.13. The molecule has 0 heterocycles. The van der Waals surface area contributed by atoms with Crippen molar-refractivity contribution in [2.75, 3.05) is 0 Å². The number of benzene rings is 1. The zero-order valence-electron chi connectivity index (χ0n) is 13.1. The van der Waals surface area contributed by atoms with Crippen molar-refractivity contribution >= 4 is 0 Å². The van der Waals surface area contributed by atoms with E-state index in [1.54, 1.807) is 0 Å².